The number of halogens is 3. The molecule has 5 rings (SSSR count). The van der Waals surface area contributed by atoms with Gasteiger partial charge < -0.3 is 10.2 Å². The van der Waals surface area contributed by atoms with Gasteiger partial charge in [-0.3, -0.25) is 20.1 Å². The van der Waals surface area contributed by atoms with Crippen LogP contribution in [0.2, 0.25) is 0 Å². The maximum Gasteiger partial charge on any atom is 0.379 e. The second-order valence-corrected chi connectivity index (χ2v) is 7.31. The van der Waals surface area contributed by atoms with E-state index in [-0.39, 0.29) is 18.0 Å². The smallest absolute Gasteiger partial charge is 0.366 e. The van der Waals surface area contributed by atoms with Crippen LogP contribution in [-0.4, -0.2) is 64.5 Å². The lowest BCUT2D eigenvalue weighted by molar-refractivity contribution is 0.00818. The first-order chi connectivity index (χ1) is 15.9. The number of rotatable bonds is 3. The summed E-state index contributed by atoms with van der Waals surface area (Å²) in [6.45, 7) is 0.289. The van der Waals surface area contributed by atoms with Crippen molar-refractivity contribution in [2.24, 2.45) is 0 Å². The standard InChI is InChI=1S/C19H20N8O2.CHF3/c1-2-20-18(28)13-5-6-14-17(22-13)27(11-7-9-26(14)10-11)19(29)23-16-12-4-3-8-21-15(12)24-25-16;2-1(3)4/h3-6,8,11H,2,7,9-10H2,1H3,(H,20,28)(H2,21,23,24,25,29);1H. The Balaban J connectivity index is 0.000000601. The number of anilines is 3. The molecule has 2 aliphatic heterocycles. The summed E-state index contributed by atoms with van der Waals surface area (Å²) in [5.41, 5.74) is 1.69. The third kappa shape index (κ3) is 4.52. The summed E-state index contributed by atoms with van der Waals surface area (Å²) >= 11 is 0. The summed E-state index contributed by atoms with van der Waals surface area (Å²) in [7, 11) is 0. The molecule has 3 aromatic heterocycles. The Morgan fingerprint density at radius 2 is 2.06 bits per heavy atom. The molecule has 3 aromatic rings. The fourth-order valence-electron chi connectivity index (χ4n) is 3.96. The van der Waals surface area contributed by atoms with Gasteiger partial charge in [0, 0.05) is 25.8 Å². The highest BCUT2D eigenvalue weighted by Crippen LogP contribution is 2.39. The lowest BCUT2D eigenvalue weighted by Crippen LogP contribution is -2.48. The fourth-order valence-corrected chi connectivity index (χ4v) is 3.96. The second kappa shape index (κ2) is 9.30. The molecule has 174 valence electrons. The highest BCUT2D eigenvalue weighted by molar-refractivity contribution is 6.07. The summed E-state index contributed by atoms with van der Waals surface area (Å²) in [5, 5.41) is 13.3. The number of carbonyl (C=O) groups excluding carboxylic acids is 2. The molecule has 0 radical (unpaired) electrons. The molecule has 33 heavy (non-hydrogen) atoms. The Hall–Kier alpha value is -3.90. The molecule has 1 fully saturated rings. The summed E-state index contributed by atoms with van der Waals surface area (Å²) in [6, 6.07) is 6.88. The predicted molar refractivity (Wildman–Crippen MR) is 115 cm³/mol. The van der Waals surface area contributed by atoms with Gasteiger partial charge >= 0.3 is 12.7 Å². The van der Waals surface area contributed by atoms with Crippen molar-refractivity contribution in [3.63, 3.8) is 0 Å². The molecule has 0 saturated carbocycles. The van der Waals surface area contributed by atoms with Crippen molar-refractivity contribution in [3.05, 3.63) is 36.2 Å². The monoisotopic (exact) mass is 462 g/mol. The van der Waals surface area contributed by atoms with Crippen LogP contribution in [0, 0.1) is 0 Å². The zero-order valence-electron chi connectivity index (χ0n) is 17.6. The summed E-state index contributed by atoms with van der Waals surface area (Å²) in [6.07, 6.45) is 2.49. The highest BCUT2D eigenvalue weighted by Gasteiger charge is 2.40. The highest BCUT2D eigenvalue weighted by atomic mass is 19.4. The normalized spacial score (nSPS) is 16.3. The third-order valence-corrected chi connectivity index (χ3v) is 5.30. The fraction of sp³-hybridized carbons (Fsp3) is 0.350. The number of aromatic nitrogens is 4. The maximum atomic E-state index is 13.3. The molecule has 2 bridgehead atoms. The van der Waals surface area contributed by atoms with E-state index in [4.69, 9.17) is 0 Å². The molecule has 3 N–H and O–H groups in total. The number of nitrogens with one attached hydrogen (secondary N) is 3. The van der Waals surface area contributed by atoms with E-state index < -0.39 is 6.68 Å². The van der Waals surface area contributed by atoms with Crippen molar-refractivity contribution < 1.29 is 22.8 Å². The van der Waals surface area contributed by atoms with Gasteiger partial charge in [-0.25, -0.2) is 14.8 Å². The average Bonchev–Trinajstić information content (AvgIpc) is 3.39. The summed E-state index contributed by atoms with van der Waals surface area (Å²) in [4.78, 5) is 38.1. The lowest BCUT2D eigenvalue weighted by atomic mass is 10.1. The Morgan fingerprint density at radius 1 is 1.27 bits per heavy atom. The van der Waals surface area contributed by atoms with Crippen molar-refractivity contribution in [1.29, 1.82) is 0 Å². The van der Waals surface area contributed by atoms with Gasteiger partial charge in [0.25, 0.3) is 5.91 Å². The number of nitrogens with zero attached hydrogens (tertiary/aromatic N) is 5. The van der Waals surface area contributed by atoms with Gasteiger partial charge in [-0.15, -0.1) is 0 Å². The average molecular weight is 462 g/mol. The van der Waals surface area contributed by atoms with Crippen LogP contribution in [-0.2, 0) is 0 Å². The molecule has 0 aromatic carbocycles. The molecular formula is C20H21F3N8O2. The van der Waals surface area contributed by atoms with Crippen molar-refractivity contribution in [3.8, 4) is 0 Å². The van der Waals surface area contributed by atoms with Crippen LogP contribution in [0.15, 0.2) is 30.5 Å². The number of carbonyl (C=O) groups is 2. The van der Waals surface area contributed by atoms with Gasteiger partial charge in [0.2, 0.25) is 0 Å². The first-order valence-electron chi connectivity index (χ1n) is 10.2. The number of H-pyrrole nitrogens is 1. The molecule has 1 atom stereocenters. The minimum absolute atomic E-state index is 0.00760. The number of fused-ring (bicyclic) bond motifs is 5. The lowest BCUT2D eigenvalue weighted by Gasteiger charge is -2.35. The maximum absolute atomic E-state index is 13.3. The van der Waals surface area contributed by atoms with Gasteiger partial charge in [-0.2, -0.15) is 18.3 Å². The van der Waals surface area contributed by atoms with Gasteiger partial charge in [0.1, 0.15) is 11.5 Å². The van der Waals surface area contributed by atoms with Gasteiger partial charge in [-0.1, -0.05) is 0 Å². The van der Waals surface area contributed by atoms with Gasteiger partial charge in [0.15, 0.2) is 11.5 Å². The van der Waals surface area contributed by atoms with Gasteiger partial charge in [-0.05, 0) is 37.6 Å². The van der Waals surface area contributed by atoms with Crippen LogP contribution in [0.25, 0.3) is 11.0 Å². The quantitative estimate of drug-likeness (QED) is 0.551. The Kier molecular flexibility index (Phi) is 6.29. The second-order valence-electron chi connectivity index (χ2n) is 7.31. The Morgan fingerprint density at radius 3 is 2.82 bits per heavy atom. The van der Waals surface area contributed by atoms with Crippen molar-refractivity contribution >= 4 is 40.3 Å². The number of urea groups is 1. The van der Waals surface area contributed by atoms with E-state index >= 15 is 0 Å². The molecule has 3 amide bonds. The molecule has 13 heteroatoms. The molecule has 0 aliphatic carbocycles. The van der Waals surface area contributed by atoms with E-state index in [1.165, 1.54) is 0 Å². The first-order valence-corrected chi connectivity index (χ1v) is 10.2. The number of amides is 3. The minimum atomic E-state index is -3.67. The topological polar surface area (TPSA) is 119 Å². The van der Waals surface area contributed by atoms with E-state index in [1.807, 2.05) is 19.1 Å². The van der Waals surface area contributed by atoms with Crippen LogP contribution in [0.1, 0.15) is 23.8 Å². The number of hydrogen-bond donors (Lipinski definition) is 3. The van der Waals surface area contributed by atoms with E-state index in [0.29, 0.717) is 29.5 Å². The number of alkyl halides is 3. The Labute approximate surface area is 186 Å². The zero-order valence-corrected chi connectivity index (χ0v) is 17.6. The van der Waals surface area contributed by atoms with E-state index in [0.717, 1.165) is 30.6 Å². The largest absolute Gasteiger partial charge is 0.379 e. The molecule has 10 nitrogen and oxygen atoms in total. The zero-order chi connectivity index (χ0) is 23.5. The number of hydrogen-bond acceptors (Lipinski definition) is 6. The van der Waals surface area contributed by atoms with Crippen LogP contribution < -0.4 is 20.4 Å². The van der Waals surface area contributed by atoms with Crippen molar-refractivity contribution in [2.45, 2.75) is 26.1 Å². The van der Waals surface area contributed by atoms with Crippen molar-refractivity contribution in [2.75, 3.05) is 34.8 Å². The molecule has 0 spiro atoms. The SMILES string of the molecule is CCNC(=O)c1ccc2c(n1)N(C(=O)Nc1[nH]nc3ncccc13)C1CCN2C1.FC(F)F. The van der Waals surface area contributed by atoms with Crippen LogP contribution >= 0.6 is 0 Å². The molecule has 2 aliphatic rings. The summed E-state index contributed by atoms with van der Waals surface area (Å²) < 4.78 is 29.0. The van der Waals surface area contributed by atoms with Gasteiger partial charge in [0.05, 0.1) is 17.1 Å². The predicted octanol–water partition coefficient (Wildman–Crippen LogP) is 2.91. The van der Waals surface area contributed by atoms with Crippen LogP contribution in [0.4, 0.5) is 35.3 Å². The molecule has 1 unspecified atom stereocenters. The third-order valence-electron chi connectivity index (χ3n) is 5.30. The van der Waals surface area contributed by atoms with Crippen LogP contribution in [0.3, 0.4) is 0 Å². The van der Waals surface area contributed by atoms with Crippen LogP contribution in [0.5, 0.6) is 0 Å². The number of pyridine rings is 2. The molecular weight excluding hydrogens is 441 g/mol. The number of aromatic amines is 1. The van der Waals surface area contributed by atoms with E-state index in [2.05, 4.69) is 35.7 Å². The molecule has 5 heterocycles. The molecule has 1 saturated heterocycles. The van der Waals surface area contributed by atoms with E-state index in [1.54, 1.807) is 23.2 Å². The summed E-state index contributed by atoms with van der Waals surface area (Å²) in [5.74, 6) is 0.733. The minimum Gasteiger partial charge on any atom is -0.366 e. The first kappa shape index (κ1) is 22.3. The van der Waals surface area contributed by atoms with E-state index in [9.17, 15) is 22.8 Å². The van der Waals surface area contributed by atoms with Crippen molar-refractivity contribution in [1.82, 2.24) is 25.5 Å². The Bertz CT molecular complexity index is 1170.